The van der Waals surface area contributed by atoms with E-state index in [9.17, 15) is 14.7 Å². The molecule has 1 atom stereocenters. The molecule has 1 saturated heterocycles. The SMILES string of the molecule is CCc1cc(OC2CCc3cccc(-c4cccc(-n5ncc(C(=O)O)c5CC)n4)c32)ccc1C1CCN(C(=O)OC(C)(C)C)CC1. The van der Waals surface area contributed by atoms with Crippen molar-refractivity contribution in [1.82, 2.24) is 19.7 Å². The number of carbonyl (C=O) groups excluding carboxylic acids is 1. The van der Waals surface area contributed by atoms with E-state index in [-0.39, 0.29) is 17.8 Å². The largest absolute Gasteiger partial charge is 0.486 e. The lowest BCUT2D eigenvalue weighted by Crippen LogP contribution is -2.41. The molecule has 3 heterocycles. The fourth-order valence-electron chi connectivity index (χ4n) is 6.99. The van der Waals surface area contributed by atoms with Crippen molar-refractivity contribution in [2.45, 2.75) is 90.8 Å². The molecule has 1 unspecified atom stereocenters. The summed E-state index contributed by atoms with van der Waals surface area (Å²) < 4.78 is 14.0. The zero-order valence-electron chi connectivity index (χ0n) is 28.0. The Bertz CT molecular complexity index is 1780. The normalized spacial score (nSPS) is 16.6. The Labute approximate surface area is 276 Å². The number of aromatic nitrogens is 3. The van der Waals surface area contributed by atoms with Crippen LogP contribution >= 0.6 is 0 Å². The predicted molar refractivity (Wildman–Crippen MR) is 180 cm³/mol. The first-order valence-corrected chi connectivity index (χ1v) is 16.7. The number of nitrogens with zero attached hydrogens (tertiary/aromatic N) is 4. The average molecular weight is 637 g/mol. The first kappa shape index (κ1) is 32.3. The highest BCUT2D eigenvalue weighted by atomic mass is 16.6. The Balaban J connectivity index is 1.21. The lowest BCUT2D eigenvalue weighted by Gasteiger charge is -2.34. The van der Waals surface area contributed by atoms with Crippen LogP contribution < -0.4 is 4.74 Å². The van der Waals surface area contributed by atoms with E-state index in [4.69, 9.17) is 14.5 Å². The van der Waals surface area contributed by atoms with Crippen LogP contribution in [0, 0.1) is 0 Å². The van der Waals surface area contributed by atoms with Gasteiger partial charge in [0.25, 0.3) is 0 Å². The van der Waals surface area contributed by atoms with Crippen molar-refractivity contribution >= 4 is 12.1 Å². The van der Waals surface area contributed by atoms with Gasteiger partial charge in [-0.3, -0.25) is 0 Å². The maximum Gasteiger partial charge on any atom is 0.410 e. The quantitative estimate of drug-likeness (QED) is 0.209. The van der Waals surface area contributed by atoms with E-state index in [0.29, 0.717) is 36.9 Å². The third kappa shape index (κ3) is 6.75. The number of carbonyl (C=O) groups is 2. The maximum atomic E-state index is 12.6. The van der Waals surface area contributed by atoms with Crippen molar-refractivity contribution in [3.8, 4) is 22.8 Å². The summed E-state index contributed by atoms with van der Waals surface area (Å²) in [6.07, 6.45) is 6.08. The highest BCUT2D eigenvalue weighted by Crippen LogP contribution is 2.42. The van der Waals surface area contributed by atoms with Crippen molar-refractivity contribution < 1.29 is 24.2 Å². The van der Waals surface area contributed by atoms with Gasteiger partial charge in [-0.15, -0.1) is 0 Å². The van der Waals surface area contributed by atoms with E-state index in [2.05, 4.69) is 48.4 Å². The molecule has 0 radical (unpaired) electrons. The molecule has 2 aromatic heterocycles. The van der Waals surface area contributed by atoms with Crippen LogP contribution in [0.25, 0.3) is 17.1 Å². The van der Waals surface area contributed by atoms with Crippen molar-refractivity contribution in [3.63, 3.8) is 0 Å². The number of hydrogen-bond donors (Lipinski definition) is 1. The lowest BCUT2D eigenvalue weighted by atomic mass is 9.86. The van der Waals surface area contributed by atoms with Gasteiger partial charge in [0.1, 0.15) is 23.0 Å². The Hall–Kier alpha value is -4.66. The summed E-state index contributed by atoms with van der Waals surface area (Å²) in [7, 11) is 0. The first-order chi connectivity index (χ1) is 22.6. The smallest absolute Gasteiger partial charge is 0.410 e. The number of rotatable bonds is 8. The number of benzene rings is 2. The van der Waals surface area contributed by atoms with Crippen LogP contribution in [0.4, 0.5) is 4.79 Å². The van der Waals surface area contributed by atoms with Gasteiger partial charge >= 0.3 is 12.1 Å². The number of ether oxygens (including phenoxy) is 2. The molecule has 0 bridgehead atoms. The van der Waals surface area contributed by atoms with Crippen LogP contribution in [-0.2, 0) is 24.0 Å². The molecule has 9 nitrogen and oxygen atoms in total. The molecule has 1 amide bonds. The second kappa shape index (κ2) is 13.2. The summed E-state index contributed by atoms with van der Waals surface area (Å²) in [6, 6.07) is 18.6. The van der Waals surface area contributed by atoms with E-state index in [1.807, 2.05) is 50.8 Å². The number of likely N-dealkylation sites (tertiary alicyclic amines) is 1. The monoisotopic (exact) mass is 636 g/mol. The topological polar surface area (TPSA) is 107 Å². The number of carboxylic acids is 1. The Kier molecular flexibility index (Phi) is 9.08. The number of aromatic carboxylic acids is 1. The van der Waals surface area contributed by atoms with E-state index in [0.717, 1.165) is 54.7 Å². The van der Waals surface area contributed by atoms with Gasteiger partial charge in [0.2, 0.25) is 0 Å². The zero-order chi connectivity index (χ0) is 33.3. The summed E-state index contributed by atoms with van der Waals surface area (Å²) in [6.45, 7) is 11.2. The third-order valence-corrected chi connectivity index (χ3v) is 9.22. The van der Waals surface area contributed by atoms with E-state index in [1.54, 1.807) is 4.68 Å². The lowest BCUT2D eigenvalue weighted by molar-refractivity contribution is 0.0204. The second-order valence-corrected chi connectivity index (χ2v) is 13.4. The van der Waals surface area contributed by atoms with Crippen molar-refractivity contribution in [2.75, 3.05) is 13.1 Å². The number of amides is 1. The van der Waals surface area contributed by atoms with Gasteiger partial charge in [0.15, 0.2) is 5.82 Å². The highest BCUT2D eigenvalue weighted by molar-refractivity contribution is 5.88. The van der Waals surface area contributed by atoms with Gasteiger partial charge in [0.05, 0.1) is 17.6 Å². The molecule has 4 aromatic rings. The van der Waals surface area contributed by atoms with Crippen molar-refractivity contribution in [1.29, 1.82) is 0 Å². The minimum absolute atomic E-state index is 0.117. The number of aryl methyl sites for hydroxylation is 2. The van der Waals surface area contributed by atoms with Gasteiger partial charge in [-0.1, -0.05) is 44.2 Å². The number of carboxylic acid groups (broad SMARTS) is 1. The fraction of sp³-hybridized carbons (Fsp3) is 0.421. The van der Waals surface area contributed by atoms with Crippen LogP contribution in [-0.4, -0.2) is 55.5 Å². The third-order valence-electron chi connectivity index (χ3n) is 9.22. The Morgan fingerprint density at radius 3 is 2.45 bits per heavy atom. The van der Waals surface area contributed by atoms with E-state index in [1.165, 1.54) is 22.9 Å². The molecule has 1 aliphatic carbocycles. The van der Waals surface area contributed by atoms with Crippen LogP contribution in [0.2, 0.25) is 0 Å². The molecular weight excluding hydrogens is 592 g/mol. The molecule has 2 aliphatic rings. The Morgan fingerprint density at radius 1 is 0.979 bits per heavy atom. The number of pyridine rings is 1. The summed E-state index contributed by atoms with van der Waals surface area (Å²) in [4.78, 5) is 31.1. The molecular formula is C38H44N4O5. The molecule has 47 heavy (non-hydrogen) atoms. The van der Waals surface area contributed by atoms with Crippen LogP contribution in [0.5, 0.6) is 5.75 Å². The number of piperidine rings is 1. The van der Waals surface area contributed by atoms with Gasteiger partial charge in [0, 0.05) is 24.2 Å². The number of hydrogen-bond acceptors (Lipinski definition) is 6. The fourth-order valence-corrected chi connectivity index (χ4v) is 6.99. The first-order valence-electron chi connectivity index (χ1n) is 16.7. The number of fused-ring (bicyclic) bond motifs is 1. The second-order valence-electron chi connectivity index (χ2n) is 13.4. The predicted octanol–water partition coefficient (Wildman–Crippen LogP) is 7.94. The van der Waals surface area contributed by atoms with E-state index < -0.39 is 11.6 Å². The van der Waals surface area contributed by atoms with Crippen molar-refractivity contribution in [2.24, 2.45) is 0 Å². The molecule has 6 rings (SSSR count). The molecule has 0 spiro atoms. The summed E-state index contributed by atoms with van der Waals surface area (Å²) >= 11 is 0. The van der Waals surface area contributed by atoms with Crippen molar-refractivity contribution in [3.05, 3.63) is 94.3 Å². The minimum atomic E-state index is -0.993. The molecule has 246 valence electrons. The molecule has 1 fully saturated rings. The molecule has 2 aromatic carbocycles. The maximum absolute atomic E-state index is 12.6. The van der Waals surface area contributed by atoms with Gasteiger partial charge in [-0.2, -0.15) is 5.10 Å². The van der Waals surface area contributed by atoms with Gasteiger partial charge in [-0.25, -0.2) is 19.3 Å². The summed E-state index contributed by atoms with van der Waals surface area (Å²) in [5.41, 5.74) is 7.15. The zero-order valence-corrected chi connectivity index (χ0v) is 28.0. The van der Waals surface area contributed by atoms with Crippen LogP contribution in [0.3, 0.4) is 0 Å². The highest BCUT2D eigenvalue weighted by Gasteiger charge is 2.30. The van der Waals surface area contributed by atoms with Crippen LogP contribution in [0.1, 0.15) is 104 Å². The molecule has 9 heteroatoms. The van der Waals surface area contributed by atoms with Gasteiger partial charge < -0.3 is 19.5 Å². The standard InChI is InChI=1S/C38H44N4O5/c1-6-24-22-27(15-16-28(24)25-18-20-41(21-19-25)37(45)47-38(3,4)5)46-33-17-14-26-10-8-11-29(35(26)33)31-12-9-13-34(40-31)42-32(7-2)30(23-39-42)36(43)44/h8-13,15-16,22-23,25,33H,6-7,14,17-21H2,1-5H3,(H,43,44). The molecule has 1 aliphatic heterocycles. The summed E-state index contributed by atoms with van der Waals surface area (Å²) in [5, 5.41) is 14.0. The summed E-state index contributed by atoms with van der Waals surface area (Å²) in [5.74, 6) is 0.842. The van der Waals surface area contributed by atoms with Crippen LogP contribution in [0.15, 0.2) is 60.8 Å². The van der Waals surface area contributed by atoms with E-state index >= 15 is 0 Å². The molecule has 1 N–H and O–H groups in total. The minimum Gasteiger partial charge on any atom is -0.486 e. The van der Waals surface area contributed by atoms with Gasteiger partial charge in [-0.05, 0) is 106 Å². The average Bonchev–Trinajstić information content (AvgIpc) is 3.69. The molecule has 0 saturated carbocycles. The Morgan fingerprint density at radius 2 is 1.74 bits per heavy atom.